The number of aromatic nitrogens is 1. The molecule has 0 atom stereocenters. The molecule has 0 radical (unpaired) electrons. The molecule has 4 rings (SSSR count). The van der Waals surface area contributed by atoms with Gasteiger partial charge in [0.1, 0.15) is 0 Å². The topological polar surface area (TPSA) is 54.5 Å². The number of benzene rings is 2. The van der Waals surface area contributed by atoms with Gasteiger partial charge in [0.25, 0.3) is 5.91 Å². The van der Waals surface area contributed by atoms with Gasteiger partial charge in [-0.1, -0.05) is 22.9 Å². The third-order valence-electron chi connectivity index (χ3n) is 4.09. The van der Waals surface area contributed by atoms with Crippen LogP contribution in [0.1, 0.15) is 10.4 Å². The molecule has 3 aromatic rings. The molecule has 1 N–H and O–H groups in total. The van der Waals surface area contributed by atoms with Crippen LogP contribution in [0.25, 0.3) is 10.2 Å². The molecule has 8 heteroatoms. The summed E-state index contributed by atoms with van der Waals surface area (Å²) in [7, 11) is 0. The average molecular weight is 500 g/mol. The first-order valence-corrected chi connectivity index (χ1v) is 10.4. The van der Waals surface area contributed by atoms with E-state index in [-0.39, 0.29) is 5.91 Å². The van der Waals surface area contributed by atoms with E-state index in [0.29, 0.717) is 10.6 Å². The van der Waals surface area contributed by atoms with Crippen molar-refractivity contribution in [1.82, 2.24) is 4.98 Å². The number of morpholine rings is 1. The zero-order valence-corrected chi connectivity index (χ0v) is 17.4. The Hall–Kier alpha value is -1.42. The van der Waals surface area contributed by atoms with Gasteiger partial charge in [-0.15, -0.1) is 0 Å². The van der Waals surface area contributed by atoms with Crippen LogP contribution >= 0.6 is 45.5 Å². The summed E-state index contributed by atoms with van der Waals surface area (Å²) in [6.07, 6.45) is 0. The number of fused-ring (bicyclic) bond motifs is 1. The number of carbonyl (C=O) groups is 1. The quantitative estimate of drug-likeness (QED) is 0.534. The molecule has 0 bridgehead atoms. The predicted molar refractivity (Wildman–Crippen MR) is 115 cm³/mol. The Kier molecular flexibility index (Phi) is 5.30. The summed E-state index contributed by atoms with van der Waals surface area (Å²) in [5, 5.41) is 4.49. The van der Waals surface area contributed by atoms with Crippen molar-refractivity contribution in [3.05, 3.63) is 50.6 Å². The minimum absolute atomic E-state index is 0.172. The molecule has 1 aromatic heterocycles. The van der Waals surface area contributed by atoms with Gasteiger partial charge in [0.15, 0.2) is 5.13 Å². The second kappa shape index (κ2) is 7.67. The largest absolute Gasteiger partial charge is 0.378 e. The van der Waals surface area contributed by atoms with Crippen LogP contribution in [-0.2, 0) is 4.74 Å². The Morgan fingerprint density at radius 1 is 1.23 bits per heavy atom. The Morgan fingerprint density at radius 3 is 2.85 bits per heavy atom. The van der Waals surface area contributed by atoms with Crippen molar-refractivity contribution in [3.63, 3.8) is 0 Å². The fraction of sp³-hybridized carbons (Fsp3) is 0.222. The van der Waals surface area contributed by atoms with Crippen LogP contribution in [0.2, 0.25) is 5.02 Å². The number of hydrogen-bond acceptors (Lipinski definition) is 5. The molecule has 0 spiro atoms. The number of amides is 1. The molecular weight excluding hydrogens is 485 g/mol. The Morgan fingerprint density at radius 2 is 2.04 bits per heavy atom. The van der Waals surface area contributed by atoms with Crippen molar-refractivity contribution in [2.24, 2.45) is 0 Å². The fourth-order valence-corrected chi connectivity index (χ4v) is 4.56. The Balaban J connectivity index is 1.57. The molecule has 1 saturated heterocycles. The molecule has 1 aliphatic rings. The van der Waals surface area contributed by atoms with Crippen LogP contribution in [0.15, 0.2) is 36.4 Å². The highest BCUT2D eigenvalue weighted by Gasteiger charge is 2.16. The van der Waals surface area contributed by atoms with E-state index in [0.717, 1.165) is 50.9 Å². The highest BCUT2D eigenvalue weighted by molar-refractivity contribution is 14.1. The third-order valence-corrected chi connectivity index (χ3v) is 6.34. The van der Waals surface area contributed by atoms with Gasteiger partial charge >= 0.3 is 0 Å². The van der Waals surface area contributed by atoms with E-state index in [4.69, 9.17) is 21.3 Å². The summed E-state index contributed by atoms with van der Waals surface area (Å²) in [6.45, 7) is 3.18. The Labute approximate surface area is 173 Å². The zero-order chi connectivity index (χ0) is 18.1. The van der Waals surface area contributed by atoms with E-state index in [1.807, 2.05) is 24.3 Å². The number of nitrogens with one attached hydrogen (secondary N) is 1. The van der Waals surface area contributed by atoms with Gasteiger partial charge in [0.05, 0.1) is 29.0 Å². The van der Waals surface area contributed by atoms with Gasteiger partial charge in [0, 0.05) is 27.4 Å². The second-order valence-electron chi connectivity index (χ2n) is 5.86. The van der Waals surface area contributed by atoms with Crippen LogP contribution in [-0.4, -0.2) is 37.2 Å². The number of halogens is 2. The van der Waals surface area contributed by atoms with Gasteiger partial charge in [-0.3, -0.25) is 4.79 Å². The number of anilines is 2. The number of nitrogens with zero attached hydrogens (tertiary/aromatic N) is 2. The first kappa shape index (κ1) is 18.0. The van der Waals surface area contributed by atoms with Crippen LogP contribution in [0.5, 0.6) is 0 Å². The predicted octanol–water partition coefficient (Wildman–Crippen LogP) is 4.64. The molecule has 26 heavy (non-hydrogen) atoms. The molecule has 1 aliphatic heterocycles. The fourth-order valence-electron chi connectivity index (χ4n) is 2.75. The van der Waals surface area contributed by atoms with Crippen LogP contribution in [0.4, 0.5) is 10.8 Å². The van der Waals surface area contributed by atoms with Crippen molar-refractivity contribution in [2.75, 3.05) is 36.5 Å². The van der Waals surface area contributed by atoms with Gasteiger partial charge in [-0.05, 0) is 59.0 Å². The molecule has 0 saturated carbocycles. The van der Waals surface area contributed by atoms with Crippen molar-refractivity contribution in [1.29, 1.82) is 0 Å². The standard InChI is InChI=1S/C18H15ClIN3O2S/c19-11-1-3-14(20)13(9-11)17(24)21-12-2-4-15-16(10-12)26-18(22-15)23-5-7-25-8-6-23/h1-4,9-10H,5-8H2,(H,21,24). The summed E-state index contributed by atoms with van der Waals surface area (Å²) < 4.78 is 7.30. The van der Waals surface area contributed by atoms with Gasteiger partial charge in [-0.25, -0.2) is 4.98 Å². The van der Waals surface area contributed by atoms with E-state index in [1.54, 1.807) is 23.5 Å². The van der Waals surface area contributed by atoms with E-state index in [2.05, 4.69) is 32.8 Å². The summed E-state index contributed by atoms with van der Waals surface area (Å²) >= 11 is 9.78. The smallest absolute Gasteiger partial charge is 0.256 e. The van der Waals surface area contributed by atoms with Crippen molar-refractivity contribution in [2.45, 2.75) is 0 Å². The van der Waals surface area contributed by atoms with Gasteiger partial charge < -0.3 is 15.0 Å². The van der Waals surface area contributed by atoms with Crippen molar-refractivity contribution < 1.29 is 9.53 Å². The SMILES string of the molecule is O=C(Nc1ccc2nc(N3CCOCC3)sc2c1)c1cc(Cl)ccc1I. The molecule has 134 valence electrons. The van der Waals surface area contributed by atoms with Gasteiger partial charge in [-0.2, -0.15) is 0 Å². The summed E-state index contributed by atoms with van der Waals surface area (Å²) in [4.78, 5) is 19.5. The van der Waals surface area contributed by atoms with E-state index in [9.17, 15) is 4.79 Å². The number of hydrogen-bond donors (Lipinski definition) is 1. The lowest BCUT2D eigenvalue weighted by Gasteiger charge is -2.25. The molecule has 2 aromatic carbocycles. The molecule has 0 unspecified atom stereocenters. The summed E-state index contributed by atoms with van der Waals surface area (Å²) in [5.74, 6) is -0.172. The lowest BCUT2D eigenvalue weighted by molar-refractivity contribution is 0.102. The number of ether oxygens (including phenoxy) is 1. The monoisotopic (exact) mass is 499 g/mol. The second-order valence-corrected chi connectivity index (χ2v) is 8.46. The molecule has 0 aliphatic carbocycles. The highest BCUT2D eigenvalue weighted by Crippen LogP contribution is 2.31. The molecule has 1 fully saturated rings. The summed E-state index contributed by atoms with van der Waals surface area (Å²) in [6, 6.07) is 11.1. The lowest BCUT2D eigenvalue weighted by Crippen LogP contribution is -2.36. The number of carbonyl (C=O) groups excluding carboxylic acids is 1. The van der Waals surface area contributed by atoms with E-state index in [1.165, 1.54) is 0 Å². The maximum Gasteiger partial charge on any atom is 0.256 e. The number of thiazole rings is 1. The lowest BCUT2D eigenvalue weighted by atomic mass is 10.2. The maximum atomic E-state index is 12.6. The van der Waals surface area contributed by atoms with Crippen LogP contribution < -0.4 is 10.2 Å². The maximum absolute atomic E-state index is 12.6. The van der Waals surface area contributed by atoms with E-state index < -0.39 is 0 Å². The van der Waals surface area contributed by atoms with Crippen molar-refractivity contribution in [3.8, 4) is 0 Å². The highest BCUT2D eigenvalue weighted by atomic mass is 127. The van der Waals surface area contributed by atoms with Crippen LogP contribution in [0.3, 0.4) is 0 Å². The Bertz CT molecular complexity index is 972. The third kappa shape index (κ3) is 3.80. The molecule has 2 heterocycles. The van der Waals surface area contributed by atoms with Crippen molar-refractivity contribution >= 4 is 72.5 Å². The first-order chi connectivity index (χ1) is 12.6. The van der Waals surface area contributed by atoms with Gasteiger partial charge in [0.2, 0.25) is 0 Å². The molecule has 1 amide bonds. The van der Waals surface area contributed by atoms with Crippen LogP contribution in [0, 0.1) is 3.57 Å². The summed E-state index contributed by atoms with van der Waals surface area (Å²) in [5.41, 5.74) is 2.25. The first-order valence-electron chi connectivity index (χ1n) is 8.10. The molecule has 5 nitrogen and oxygen atoms in total. The molecular formula is C18H15ClIN3O2S. The average Bonchev–Trinajstić information content (AvgIpc) is 3.08. The minimum Gasteiger partial charge on any atom is -0.378 e. The minimum atomic E-state index is -0.172. The zero-order valence-electron chi connectivity index (χ0n) is 13.7. The normalized spacial score (nSPS) is 14.6. The number of rotatable bonds is 3. The van der Waals surface area contributed by atoms with E-state index >= 15 is 0 Å².